The van der Waals surface area contributed by atoms with Crippen LogP contribution in [0, 0.1) is 0 Å². The molecule has 0 bridgehead atoms. The van der Waals surface area contributed by atoms with Crippen molar-refractivity contribution in [1.29, 1.82) is 0 Å². The summed E-state index contributed by atoms with van der Waals surface area (Å²) in [6.07, 6.45) is 4.02. The number of hydrogen-bond acceptors (Lipinski definition) is 3. The molecule has 108 valence electrons. The standard InChI is InChI=1S/C16H19N5/c1-13(17-11-15-9-6-10-20(15)2)16-12-21(19-18-16)14-7-4-3-5-8-14/h3-10,12-13,17H,11H2,1-2H3/t13-/m0/s1. The quantitative estimate of drug-likeness (QED) is 0.781. The van der Waals surface area contributed by atoms with Gasteiger partial charge < -0.3 is 9.88 Å². The average molecular weight is 281 g/mol. The maximum absolute atomic E-state index is 4.26. The number of benzene rings is 1. The Morgan fingerprint density at radius 3 is 2.67 bits per heavy atom. The van der Waals surface area contributed by atoms with Crippen LogP contribution in [-0.2, 0) is 13.6 Å². The maximum atomic E-state index is 4.26. The van der Waals surface area contributed by atoms with Crippen LogP contribution in [-0.4, -0.2) is 19.6 Å². The Hall–Kier alpha value is -2.40. The van der Waals surface area contributed by atoms with Crippen LogP contribution in [0.25, 0.3) is 5.69 Å². The van der Waals surface area contributed by atoms with Gasteiger partial charge in [-0.05, 0) is 31.2 Å². The van der Waals surface area contributed by atoms with Crippen molar-refractivity contribution in [2.45, 2.75) is 19.5 Å². The smallest absolute Gasteiger partial charge is 0.0998 e. The third-order valence-corrected chi connectivity index (χ3v) is 3.62. The summed E-state index contributed by atoms with van der Waals surface area (Å²) >= 11 is 0. The van der Waals surface area contributed by atoms with Crippen molar-refractivity contribution in [2.75, 3.05) is 0 Å². The molecule has 0 saturated heterocycles. The van der Waals surface area contributed by atoms with Gasteiger partial charge in [0, 0.05) is 25.5 Å². The molecule has 0 saturated carbocycles. The SMILES string of the molecule is C[C@H](NCc1cccn1C)c1cn(-c2ccccc2)nn1. The number of aromatic nitrogens is 4. The zero-order valence-electron chi connectivity index (χ0n) is 12.3. The third kappa shape index (κ3) is 3.03. The van der Waals surface area contributed by atoms with Crippen LogP contribution in [0.1, 0.15) is 24.4 Å². The van der Waals surface area contributed by atoms with Gasteiger partial charge >= 0.3 is 0 Å². The maximum Gasteiger partial charge on any atom is 0.0998 e. The number of rotatable bonds is 5. The molecule has 2 heterocycles. The van der Waals surface area contributed by atoms with Crippen molar-refractivity contribution in [1.82, 2.24) is 24.9 Å². The molecule has 5 heteroatoms. The largest absolute Gasteiger partial charge is 0.353 e. The van der Waals surface area contributed by atoms with Crippen LogP contribution in [0.15, 0.2) is 54.9 Å². The molecule has 3 rings (SSSR count). The Balaban J connectivity index is 1.67. The highest BCUT2D eigenvalue weighted by molar-refractivity contribution is 5.30. The van der Waals surface area contributed by atoms with E-state index in [2.05, 4.69) is 33.2 Å². The van der Waals surface area contributed by atoms with Crippen molar-refractivity contribution in [3.63, 3.8) is 0 Å². The summed E-state index contributed by atoms with van der Waals surface area (Å²) in [6.45, 7) is 2.91. The fourth-order valence-electron chi connectivity index (χ4n) is 2.22. The van der Waals surface area contributed by atoms with Crippen molar-refractivity contribution in [3.8, 4) is 5.69 Å². The number of hydrogen-bond donors (Lipinski definition) is 1. The van der Waals surface area contributed by atoms with Crippen LogP contribution in [0.4, 0.5) is 0 Å². The molecule has 0 spiro atoms. The van der Waals surface area contributed by atoms with E-state index in [1.807, 2.05) is 55.8 Å². The van der Waals surface area contributed by atoms with E-state index in [1.165, 1.54) is 5.69 Å². The lowest BCUT2D eigenvalue weighted by Gasteiger charge is -2.11. The van der Waals surface area contributed by atoms with Gasteiger partial charge in [0.15, 0.2) is 0 Å². The number of nitrogens with zero attached hydrogens (tertiary/aromatic N) is 4. The van der Waals surface area contributed by atoms with Gasteiger partial charge in [-0.2, -0.15) is 0 Å². The van der Waals surface area contributed by atoms with Gasteiger partial charge in [-0.25, -0.2) is 4.68 Å². The lowest BCUT2D eigenvalue weighted by atomic mass is 10.2. The molecule has 2 aromatic heterocycles. The molecule has 1 N–H and O–H groups in total. The van der Waals surface area contributed by atoms with Crippen molar-refractivity contribution >= 4 is 0 Å². The van der Waals surface area contributed by atoms with E-state index in [-0.39, 0.29) is 6.04 Å². The minimum atomic E-state index is 0.150. The first-order valence-electron chi connectivity index (χ1n) is 7.05. The first-order chi connectivity index (χ1) is 10.2. The molecule has 0 fully saturated rings. The van der Waals surface area contributed by atoms with E-state index in [9.17, 15) is 0 Å². The predicted molar refractivity (Wildman–Crippen MR) is 82.0 cm³/mol. The molecular weight excluding hydrogens is 262 g/mol. The highest BCUT2D eigenvalue weighted by Gasteiger charge is 2.10. The average Bonchev–Trinajstić information content (AvgIpc) is 3.15. The summed E-state index contributed by atoms with van der Waals surface area (Å²) in [6, 6.07) is 14.3. The Kier molecular flexibility index (Phi) is 3.83. The highest BCUT2D eigenvalue weighted by atomic mass is 15.4. The lowest BCUT2D eigenvalue weighted by Crippen LogP contribution is -2.19. The lowest BCUT2D eigenvalue weighted by molar-refractivity contribution is 0.545. The van der Waals surface area contributed by atoms with E-state index < -0.39 is 0 Å². The van der Waals surface area contributed by atoms with Crippen molar-refractivity contribution in [3.05, 3.63) is 66.2 Å². The Bertz CT molecular complexity index is 698. The van der Waals surface area contributed by atoms with Crippen LogP contribution in [0.2, 0.25) is 0 Å². The van der Waals surface area contributed by atoms with Gasteiger partial charge in [0.05, 0.1) is 23.6 Å². The number of aryl methyl sites for hydroxylation is 1. The van der Waals surface area contributed by atoms with E-state index in [1.54, 1.807) is 4.68 Å². The molecular formula is C16H19N5. The predicted octanol–water partition coefficient (Wildman–Crippen LogP) is 2.46. The first kappa shape index (κ1) is 13.6. The van der Waals surface area contributed by atoms with Crippen LogP contribution in [0.3, 0.4) is 0 Å². The summed E-state index contributed by atoms with van der Waals surface area (Å²) < 4.78 is 3.91. The Morgan fingerprint density at radius 2 is 1.95 bits per heavy atom. The minimum Gasteiger partial charge on any atom is -0.353 e. The van der Waals surface area contributed by atoms with Crippen molar-refractivity contribution in [2.24, 2.45) is 7.05 Å². The zero-order chi connectivity index (χ0) is 14.7. The molecule has 0 aliphatic carbocycles. The molecule has 0 amide bonds. The molecule has 1 aromatic carbocycles. The van der Waals surface area contributed by atoms with Crippen LogP contribution >= 0.6 is 0 Å². The van der Waals surface area contributed by atoms with Gasteiger partial charge in [-0.1, -0.05) is 23.4 Å². The number of nitrogens with one attached hydrogen (secondary N) is 1. The summed E-state index contributed by atoms with van der Waals surface area (Å²) in [5.41, 5.74) is 3.20. The molecule has 21 heavy (non-hydrogen) atoms. The van der Waals surface area contributed by atoms with Gasteiger partial charge in [0.25, 0.3) is 0 Å². The summed E-state index contributed by atoms with van der Waals surface area (Å²) in [4.78, 5) is 0. The molecule has 5 nitrogen and oxygen atoms in total. The monoisotopic (exact) mass is 281 g/mol. The topological polar surface area (TPSA) is 47.7 Å². The van der Waals surface area contributed by atoms with Crippen LogP contribution < -0.4 is 5.32 Å². The van der Waals surface area contributed by atoms with E-state index in [0.717, 1.165) is 17.9 Å². The summed E-state index contributed by atoms with van der Waals surface area (Å²) in [5.74, 6) is 0. The van der Waals surface area contributed by atoms with E-state index >= 15 is 0 Å². The van der Waals surface area contributed by atoms with Gasteiger partial charge in [0.1, 0.15) is 0 Å². The van der Waals surface area contributed by atoms with Gasteiger partial charge in [0.2, 0.25) is 0 Å². The van der Waals surface area contributed by atoms with Gasteiger partial charge in [-0.3, -0.25) is 0 Å². The Morgan fingerprint density at radius 1 is 1.14 bits per heavy atom. The fraction of sp³-hybridized carbons (Fsp3) is 0.250. The summed E-state index contributed by atoms with van der Waals surface area (Å²) in [7, 11) is 2.05. The second-order valence-electron chi connectivity index (χ2n) is 5.14. The summed E-state index contributed by atoms with van der Waals surface area (Å²) in [5, 5.41) is 11.9. The molecule has 0 aliphatic heterocycles. The van der Waals surface area contributed by atoms with E-state index in [0.29, 0.717) is 0 Å². The second-order valence-corrected chi connectivity index (χ2v) is 5.14. The molecule has 0 unspecified atom stereocenters. The number of para-hydroxylation sites is 1. The third-order valence-electron chi connectivity index (χ3n) is 3.62. The molecule has 0 aliphatic rings. The van der Waals surface area contributed by atoms with Crippen LogP contribution in [0.5, 0.6) is 0 Å². The minimum absolute atomic E-state index is 0.150. The normalized spacial score (nSPS) is 12.5. The van der Waals surface area contributed by atoms with Crippen molar-refractivity contribution < 1.29 is 0 Å². The van der Waals surface area contributed by atoms with Gasteiger partial charge in [-0.15, -0.1) is 5.10 Å². The zero-order valence-corrected chi connectivity index (χ0v) is 12.3. The second kappa shape index (κ2) is 5.93. The molecule has 0 radical (unpaired) electrons. The molecule has 1 atom stereocenters. The fourth-order valence-corrected chi connectivity index (χ4v) is 2.22. The molecule has 3 aromatic rings. The first-order valence-corrected chi connectivity index (χ1v) is 7.05. The van der Waals surface area contributed by atoms with E-state index in [4.69, 9.17) is 0 Å². The highest BCUT2D eigenvalue weighted by Crippen LogP contribution is 2.12. The Labute approximate surface area is 124 Å².